The van der Waals surface area contributed by atoms with Gasteiger partial charge in [-0.3, -0.25) is 4.98 Å². The van der Waals surface area contributed by atoms with Gasteiger partial charge in [-0.1, -0.05) is 13.8 Å². The monoisotopic (exact) mass is 141 g/mol. The van der Waals surface area contributed by atoms with Gasteiger partial charge in [0.25, 0.3) is 0 Å². The van der Waals surface area contributed by atoms with E-state index in [0.29, 0.717) is 0 Å². The predicted octanol–water partition coefficient (Wildman–Crippen LogP) is 1.55. The lowest BCUT2D eigenvalue weighted by Gasteiger charge is -1.99. The van der Waals surface area contributed by atoms with Crippen molar-refractivity contribution in [3.8, 4) is 11.8 Å². The van der Waals surface area contributed by atoms with Crippen LogP contribution in [0.2, 0.25) is 0 Å². The molecule has 1 rings (SSSR count). The first-order valence-electron chi connectivity index (χ1n) is 3.22. The second-order valence-electron chi connectivity index (χ2n) is 2.61. The maximum absolute atomic E-state index is 9.09. The Kier molecular flexibility index (Phi) is 1.57. The molecule has 1 aromatic rings. The Hall–Kier alpha value is -1.12. The highest BCUT2D eigenvalue weighted by molar-refractivity contribution is 5.34. The largest absolute Gasteiger partial charge is 0.495 e. The minimum atomic E-state index is 0.0150. The van der Waals surface area contributed by atoms with E-state index in [9.17, 15) is 0 Å². The summed E-state index contributed by atoms with van der Waals surface area (Å²) in [7, 11) is 0. The van der Waals surface area contributed by atoms with Crippen molar-refractivity contribution < 1.29 is 10.2 Å². The summed E-state index contributed by atoms with van der Waals surface area (Å²) in [5, 5.41) is 18.0. The third-order valence-corrected chi connectivity index (χ3v) is 1.43. The summed E-state index contributed by atoms with van der Waals surface area (Å²) in [6.45, 7) is 3.89. The lowest BCUT2D eigenvalue weighted by atomic mass is 10.1. The first kappa shape index (κ1) is 6.99. The summed E-state index contributed by atoms with van der Waals surface area (Å²) in [4.78, 5) is 2.40. The second-order valence-corrected chi connectivity index (χ2v) is 2.61. The molecule has 0 aliphatic carbocycles. The molecule has 0 aliphatic rings. The van der Waals surface area contributed by atoms with Gasteiger partial charge in [-0.2, -0.15) is 0 Å². The fraction of sp³-hybridized carbons (Fsp3) is 0.429. The molecule has 0 aromatic carbocycles. The maximum atomic E-state index is 9.09. The van der Waals surface area contributed by atoms with Crippen molar-refractivity contribution in [3.63, 3.8) is 0 Å². The van der Waals surface area contributed by atoms with Crippen LogP contribution in [0.3, 0.4) is 0 Å². The highest BCUT2D eigenvalue weighted by atomic mass is 16.3. The molecule has 3 heteroatoms. The molecule has 3 N–H and O–H groups in total. The quantitative estimate of drug-likeness (QED) is 0.555. The lowest BCUT2D eigenvalue weighted by molar-refractivity contribution is 0.422. The Morgan fingerprint density at radius 1 is 1.40 bits per heavy atom. The highest BCUT2D eigenvalue weighted by Crippen LogP contribution is 2.27. The maximum Gasteiger partial charge on any atom is 0.194 e. The molecule has 0 aliphatic heterocycles. The van der Waals surface area contributed by atoms with Gasteiger partial charge in [0.2, 0.25) is 0 Å². The number of aromatic hydroxyl groups is 2. The van der Waals surface area contributed by atoms with Crippen LogP contribution >= 0.6 is 0 Å². The molecule has 0 unspecified atom stereocenters. The van der Waals surface area contributed by atoms with Gasteiger partial charge in [0.1, 0.15) is 0 Å². The Balaban J connectivity index is 3.03. The van der Waals surface area contributed by atoms with Gasteiger partial charge < -0.3 is 10.2 Å². The van der Waals surface area contributed by atoms with E-state index in [-0.39, 0.29) is 17.7 Å². The molecule has 0 atom stereocenters. The molecule has 0 fully saturated rings. The van der Waals surface area contributed by atoms with E-state index >= 15 is 0 Å². The molecule has 0 amide bonds. The van der Waals surface area contributed by atoms with E-state index in [1.807, 2.05) is 13.8 Å². The Morgan fingerprint density at radius 2 is 2.00 bits per heavy atom. The molecular weight excluding hydrogens is 130 g/mol. The molecular formula is C7H11NO2. The summed E-state index contributed by atoms with van der Waals surface area (Å²) in [5.41, 5.74) is 0.748. The van der Waals surface area contributed by atoms with Crippen LogP contribution in [-0.2, 0) is 0 Å². The lowest BCUT2D eigenvalue weighted by Crippen LogP contribution is -1.82. The Morgan fingerprint density at radius 3 is 2.20 bits per heavy atom. The zero-order chi connectivity index (χ0) is 7.72. The average Bonchev–Trinajstić information content (AvgIpc) is 2.10. The van der Waals surface area contributed by atoms with E-state index in [1.165, 1.54) is 6.07 Å². The first-order chi connectivity index (χ1) is 4.61. The van der Waals surface area contributed by atoms with E-state index < -0.39 is 0 Å². The molecule has 0 bridgehead atoms. The predicted molar refractivity (Wildman–Crippen MR) is 38.2 cm³/mol. The van der Waals surface area contributed by atoms with Crippen LogP contribution in [0, 0.1) is 0 Å². The second kappa shape index (κ2) is 2.25. The number of aromatic nitrogens is 1. The molecule has 0 spiro atoms. The van der Waals surface area contributed by atoms with Gasteiger partial charge in [-0.15, -0.1) is 0 Å². The van der Waals surface area contributed by atoms with Gasteiger partial charge in [-0.05, 0) is 5.92 Å². The summed E-state index contributed by atoms with van der Waals surface area (Å²) in [5.74, 6) is 0.311. The minimum Gasteiger partial charge on any atom is -0.495 e. The number of aromatic amines is 1. The number of hydrogen-bond donors (Lipinski definition) is 3. The molecule has 10 heavy (non-hydrogen) atoms. The van der Waals surface area contributed by atoms with Crippen molar-refractivity contribution in [1.82, 2.24) is 4.98 Å². The van der Waals surface area contributed by atoms with E-state index in [4.69, 9.17) is 10.2 Å². The van der Waals surface area contributed by atoms with Crippen LogP contribution < -0.4 is 0 Å². The van der Waals surface area contributed by atoms with Gasteiger partial charge in [0, 0.05) is 11.6 Å². The number of nitrogens with one attached hydrogen (secondary N) is 1. The fourth-order valence-electron chi connectivity index (χ4n) is 0.885. The van der Waals surface area contributed by atoms with E-state index in [1.54, 1.807) is 0 Å². The summed E-state index contributed by atoms with van der Waals surface area (Å²) in [6, 6.07) is 1.53. The van der Waals surface area contributed by atoms with Gasteiger partial charge >= 0.3 is 0 Å². The van der Waals surface area contributed by atoms with Gasteiger partial charge in [-0.25, -0.2) is 0 Å². The molecule has 3 nitrogen and oxygen atoms in total. The molecule has 56 valence electrons. The first-order valence-corrected chi connectivity index (χ1v) is 3.22. The van der Waals surface area contributed by atoms with E-state index in [0.717, 1.165) is 5.56 Å². The fourth-order valence-corrected chi connectivity index (χ4v) is 0.885. The molecule has 1 heterocycles. The van der Waals surface area contributed by atoms with Crippen LogP contribution in [0.25, 0.3) is 0 Å². The topological polar surface area (TPSA) is 56.2 Å². The molecule has 0 saturated carbocycles. The zero-order valence-corrected chi connectivity index (χ0v) is 6.05. The summed E-state index contributed by atoms with van der Waals surface area (Å²) >= 11 is 0. The van der Waals surface area contributed by atoms with Crippen molar-refractivity contribution in [1.29, 1.82) is 0 Å². The Labute approximate surface area is 59.3 Å². The SMILES string of the molecule is CC(C)c1cc(O)[nH]c1O. The van der Waals surface area contributed by atoms with Crippen molar-refractivity contribution in [2.45, 2.75) is 19.8 Å². The van der Waals surface area contributed by atoms with Crippen LogP contribution in [0.4, 0.5) is 0 Å². The van der Waals surface area contributed by atoms with Crippen LogP contribution in [-0.4, -0.2) is 15.2 Å². The highest BCUT2D eigenvalue weighted by Gasteiger charge is 2.08. The molecule has 0 radical (unpaired) electrons. The van der Waals surface area contributed by atoms with Crippen LogP contribution in [0.5, 0.6) is 11.8 Å². The van der Waals surface area contributed by atoms with E-state index in [2.05, 4.69) is 4.98 Å². The van der Waals surface area contributed by atoms with Crippen LogP contribution in [0.15, 0.2) is 6.07 Å². The minimum absolute atomic E-state index is 0.0150. The number of rotatable bonds is 1. The average molecular weight is 141 g/mol. The molecule has 1 aromatic heterocycles. The Bertz CT molecular complexity index is 228. The number of H-pyrrole nitrogens is 1. The normalized spacial score (nSPS) is 10.7. The van der Waals surface area contributed by atoms with Crippen molar-refractivity contribution in [2.24, 2.45) is 0 Å². The van der Waals surface area contributed by atoms with Crippen LogP contribution in [0.1, 0.15) is 25.3 Å². The third kappa shape index (κ3) is 1.07. The molecule has 0 saturated heterocycles. The summed E-state index contributed by atoms with van der Waals surface area (Å²) in [6.07, 6.45) is 0. The van der Waals surface area contributed by atoms with Crippen molar-refractivity contribution in [3.05, 3.63) is 11.6 Å². The third-order valence-electron chi connectivity index (χ3n) is 1.43. The standard InChI is InChI=1S/C7H11NO2/c1-4(2)5-3-6(9)8-7(5)10/h3-4,8-10H,1-2H3. The summed E-state index contributed by atoms with van der Waals surface area (Å²) < 4.78 is 0. The van der Waals surface area contributed by atoms with Gasteiger partial charge in [0.05, 0.1) is 0 Å². The number of hydrogen-bond acceptors (Lipinski definition) is 2. The smallest absolute Gasteiger partial charge is 0.194 e. The zero-order valence-electron chi connectivity index (χ0n) is 6.05. The van der Waals surface area contributed by atoms with Gasteiger partial charge in [0.15, 0.2) is 11.8 Å². The van der Waals surface area contributed by atoms with Crippen molar-refractivity contribution in [2.75, 3.05) is 0 Å². The van der Waals surface area contributed by atoms with Crippen molar-refractivity contribution >= 4 is 0 Å².